The number of carbonyl (C=O) groups excluding carboxylic acids is 1. The van der Waals surface area contributed by atoms with Gasteiger partial charge in [-0.3, -0.25) is 9.78 Å². The van der Waals surface area contributed by atoms with E-state index >= 15 is 0 Å². The van der Waals surface area contributed by atoms with Gasteiger partial charge < -0.3 is 19.6 Å². The maximum atomic E-state index is 12.6. The lowest BCUT2D eigenvalue weighted by atomic mass is 9.96. The van der Waals surface area contributed by atoms with Crippen LogP contribution in [0.25, 0.3) is 0 Å². The third-order valence-corrected chi connectivity index (χ3v) is 4.32. The molecule has 1 saturated heterocycles. The van der Waals surface area contributed by atoms with Crippen molar-refractivity contribution in [3.8, 4) is 0 Å². The minimum Gasteiger partial charge on any atom is -0.475 e. The average molecular weight is 405 g/mol. The molecule has 0 unspecified atom stereocenters. The maximum absolute atomic E-state index is 12.6. The van der Waals surface area contributed by atoms with Gasteiger partial charge in [0.25, 0.3) is 5.91 Å². The Labute approximate surface area is 162 Å². The first kappa shape index (κ1) is 23.8. The highest BCUT2D eigenvalue weighted by Gasteiger charge is 2.38. The molecule has 0 spiro atoms. The first-order valence-electron chi connectivity index (χ1n) is 8.78. The highest BCUT2D eigenvalue weighted by atomic mass is 19.4. The minimum absolute atomic E-state index is 0.00320. The van der Waals surface area contributed by atoms with Gasteiger partial charge in [0.1, 0.15) is 5.69 Å². The maximum Gasteiger partial charge on any atom is 0.490 e. The van der Waals surface area contributed by atoms with Crippen LogP contribution in [0.1, 0.15) is 23.8 Å². The lowest BCUT2D eigenvalue weighted by molar-refractivity contribution is -0.192. The van der Waals surface area contributed by atoms with E-state index in [2.05, 4.69) is 30.9 Å². The van der Waals surface area contributed by atoms with Crippen LogP contribution >= 0.6 is 0 Å². The average Bonchev–Trinajstić information content (AvgIpc) is 2.81. The third-order valence-electron chi connectivity index (χ3n) is 4.32. The third kappa shape index (κ3) is 7.81. The van der Waals surface area contributed by atoms with Gasteiger partial charge in [-0.05, 0) is 46.1 Å². The topological polar surface area (TPSA) is 83.0 Å². The molecule has 2 atom stereocenters. The molecule has 0 aliphatic carbocycles. The Hall–Kier alpha value is -2.20. The molecule has 0 saturated carbocycles. The number of alkyl halides is 3. The Morgan fingerprint density at radius 3 is 2.50 bits per heavy atom. The van der Waals surface area contributed by atoms with Crippen LogP contribution in [0.4, 0.5) is 13.2 Å². The Kier molecular flexibility index (Phi) is 9.33. The molecule has 10 heteroatoms. The standard InChI is InChI=1S/C16H25N3O2.C2HF3O2/c1-13-14(7-9-18(2)3)12-21-11-10-19(13)16(20)15-6-4-5-8-17-15;3-2(4,5)1(6)7/h4-6,8,13-14H,7,9-12H2,1-3H3;(H,6,7)/t13-,14+;/m0./s1. The summed E-state index contributed by atoms with van der Waals surface area (Å²) < 4.78 is 37.4. The van der Waals surface area contributed by atoms with E-state index in [1.54, 1.807) is 12.3 Å². The van der Waals surface area contributed by atoms with E-state index in [-0.39, 0.29) is 11.9 Å². The normalized spacial score (nSPS) is 20.2. The predicted molar refractivity (Wildman–Crippen MR) is 95.9 cm³/mol. The molecule has 0 aromatic carbocycles. The molecule has 158 valence electrons. The molecule has 1 fully saturated rings. The van der Waals surface area contributed by atoms with Crippen LogP contribution in [-0.4, -0.2) is 84.4 Å². The number of aliphatic carboxylic acids is 1. The van der Waals surface area contributed by atoms with Gasteiger partial charge in [0.15, 0.2) is 0 Å². The SMILES string of the molecule is C[C@H]1[C@H](CCN(C)C)COCCN1C(=O)c1ccccn1.O=C(O)C(F)(F)F. The van der Waals surface area contributed by atoms with Crippen LogP contribution in [0.5, 0.6) is 0 Å². The Morgan fingerprint density at radius 1 is 1.36 bits per heavy atom. The van der Waals surface area contributed by atoms with Gasteiger partial charge >= 0.3 is 12.1 Å². The molecule has 7 nitrogen and oxygen atoms in total. The number of hydrogen-bond acceptors (Lipinski definition) is 5. The van der Waals surface area contributed by atoms with Crippen molar-refractivity contribution in [2.24, 2.45) is 5.92 Å². The van der Waals surface area contributed by atoms with Crippen LogP contribution in [0.3, 0.4) is 0 Å². The zero-order valence-corrected chi connectivity index (χ0v) is 16.1. The van der Waals surface area contributed by atoms with E-state index in [4.69, 9.17) is 14.6 Å². The fourth-order valence-electron chi connectivity index (χ4n) is 2.67. The molecule has 28 heavy (non-hydrogen) atoms. The summed E-state index contributed by atoms with van der Waals surface area (Å²) >= 11 is 0. The van der Waals surface area contributed by atoms with Crippen LogP contribution in [0, 0.1) is 5.92 Å². The van der Waals surface area contributed by atoms with E-state index in [1.807, 2.05) is 17.0 Å². The number of aromatic nitrogens is 1. The van der Waals surface area contributed by atoms with Crippen molar-refractivity contribution in [2.45, 2.75) is 25.6 Å². The largest absolute Gasteiger partial charge is 0.490 e. The zero-order chi connectivity index (χ0) is 21.3. The van der Waals surface area contributed by atoms with E-state index in [1.165, 1.54) is 0 Å². The highest BCUT2D eigenvalue weighted by molar-refractivity contribution is 5.92. The number of nitrogens with zero attached hydrogens (tertiary/aromatic N) is 3. The second-order valence-corrected chi connectivity index (χ2v) is 6.68. The second-order valence-electron chi connectivity index (χ2n) is 6.68. The Morgan fingerprint density at radius 2 is 2.00 bits per heavy atom. The summed E-state index contributed by atoms with van der Waals surface area (Å²) in [5, 5.41) is 7.12. The fraction of sp³-hybridized carbons (Fsp3) is 0.611. The summed E-state index contributed by atoms with van der Waals surface area (Å²) in [6.45, 7) is 5.08. The lowest BCUT2D eigenvalue weighted by Crippen LogP contribution is -2.44. The zero-order valence-electron chi connectivity index (χ0n) is 16.1. The minimum atomic E-state index is -5.08. The van der Waals surface area contributed by atoms with E-state index in [0.717, 1.165) is 19.6 Å². The van der Waals surface area contributed by atoms with Crippen molar-refractivity contribution in [3.05, 3.63) is 30.1 Å². The van der Waals surface area contributed by atoms with Gasteiger partial charge in [-0.15, -0.1) is 0 Å². The Balaban J connectivity index is 0.000000480. The first-order valence-corrected chi connectivity index (χ1v) is 8.78. The molecule has 1 aliphatic heterocycles. The molecule has 1 amide bonds. The van der Waals surface area contributed by atoms with Gasteiger partial charge in [-0.1, -0.05) is 6.07 Å². The van der Waals surface area contributed by atoms with Gasteiger partial charge in [-0.2, -0.15) is 13.2 Å². The van der Waals surface area contributed by atoms with Gasteiger partial charge in [0.05, 0.1) is 13.2 Å². The Bertz CT molecular complexity index is 626. The van der Waals surface area contributed by atoms with E-state index in [0.29, 0.717) is 24.8 Å². The van der Waals surface area contributed by atoms with Crippen molar-refractivity contribution < 1.29 is 32.6 Å². The van der Waals surface area contributed by atoms with Crippen LogP contribution < -0.4 is 0 Å². The van der Waals surface area contributed by atoms with Gasteiger partial charge in [0, 0.05) is 24.7 Å². The van der Waals surface area contributed by atoms with Gasteiger partial charge in [0.2, 0.25) is 0 Å². The van der Waals surface area contributed by atoms with E-state index < -0.39 is 12.1 Å². The van der Waals surface area contributed by atoms with Crippen molar-refractivity contribution in [1.82, 2.24) is 14.8 Å². The summed E-state index contributed by atoms with van der Waals surface area (Å²) in [5.74, 6) is -2.39. The lowest BCUT2D eigenvalue weighted by Gasteiger charge is -2.32. The molecular weight excluding hydrogens is 379 g/mol. The number of halogens is 3. The van der Waals surface area contributed by atoms with Crippen LogP contribution in [-0.2, 0) is 9.53 Å². The number of hydrogen-bond donors (Lipinski definition) is 1. The molecule has 1 aromatic heterocycles. The van der Waals surface area contributed by atoms with Crippen molar-refractivity contribution in [3.63, 3.8) is 0 Å². The molecule has 0 radical (unpaired) electrons. The summed E-state index contributed by atoms with van der Waals surface area (Å²) in [6.07, 6.45) is -2.39. The molecule has 0 bridgehead atoms. The number of amides is 1. The summed E-state index contributed by atoms with van der Waals surface area (Å²) in [5.41, 5.74) is 0.512. The molecule has 2 heterocycles. The van der Waals surface area contributed by atoms with Crippen molar-refractivity contribution >= 4 is 11.9 Å². The number of carboxylic acid groups (broad SMARTS) is 1. The molecule has 1 aliphatic rings. The summed E-state index contributed by atoms with van der Waals surface area (Å²) in [6, 6.07) is 5.62. The van der Waals surface area contributed by atoms with Crippen molar-refractivity contribution in [2.75, 3.05) is 40.4 Å². The molecule has 1 aromatic rings. The highest BCUT2D eigenvalue weighted by Crippen LogP contribution is 2.21. The predicted octanol–water partition coefficient (Wildman–Crippen LogP) is 2.14. The number of rotatable bonds is 4. The number of pyridine rings is 1. The number of ether oxygens (including phenoxy) is 1. The van der Waals surface area contributed by atoms with Crippen LogP contribution in [0.15, 0.2) is 24.4 Å². The molecule has 1 N–H and O–H groups in total. The second kappa shape index (κ2) is 11.0. The van der Waals surface area contributed by atoms with Gasteiger partial charge in [-0.25, -0.2) is 4.79 Å². The van der Waals surface area contributed by atoms with E-state index in [9.17, 15) is 18.0 Å². The number of carbonyl (C=O) groups is 2. The number of carboxylic acids is 1. The molecule has 2 rings (SSSR count). The monoisotopic (exact) mass is 405 g/mol. The van der Waals surface area contributed by atoms with Crippen LogP contribution in [0.2, 0.25) is 0 Å². The summed E-state index contributed by atoms with van der Waals surface area (Å²) in [7, 11) is 4.14. The quantitative estimate of drug-likeness (QED) is 0.827. The van der Waals surface area contributed by atoms with Crippen molar-refractivity contribution in [1.29, 1.82) is 0 Å². The first-order chi connectivity index (χ1) is 13.0. The fourth-order valence-corrected chi connectivity index (χ4v) is 2.67. The smallest absolute Gasteiger partial charge is 0.475 e. The molecular formula is C18H26F3N3O4. The summed E-state index contributed by atoms with van der Waals surface area (Å²) in [4.78, 5) is 29.8.